The van der Waals surface area contributed by atoms with Crippen LogP contribution < -0.4 is 5.32 Å². The van der Waals surface area contributed by atoms with Gasteiger partial charge in [0.05, 0.1) is 0 Å². The molecule has 0 aromatic heterocycles. The monoisotopic (exact) mass is 236 g/mol. The van der Waals surface area contributed by atoms with Crippen molar-refractivity contribution in [2.75, 3.05) is 13.1 Å². The third-order valence-corrected chi connectivity index (χ3v) is 5.40. The molecular formula is C15H28N2. The zero-order valence-electron chi connectivity index (χ0n) is 11.5. The van der Waals surface area contributed by atoms with Gasteiger partial charge in [-0.3, -0.25) is 4.90 Å². The maximum Gasteiger partial charge on any atom is 0.0309 e. The quantitative estimate of drug-likeness (QED) is 0.793. The van der Waals surface area contributed by atoms with Crippen molar-refractivity contribution in [3.63, 3.8) is 0 Å². The molecule has 1 N–H and O–H groups in total. The minimum absolute atomic E-state index is 0.421. The molecule has 3 rings (SSSR count). The molecule has 1 aliphatic heterocycles. The average molecular weight is 236 g/mol. The summed E-state index contributed by atoms with van der Waals surface area (Å²) in [7, 11) is 0. The first-order chi connectivity index (χ1) is 8.19. The summed E-state index contributed by atoms with van der Waals surface area (Å²) in [5.41, 5.74) is 0.421. The van der Waals surface area contributed by atoms with Crippen LogP contribution in [-0.2, 0) is 0 Å². The highest BCUT2D eigenvalue weighted by molar-refractivity contribution is 5.04. The summed E-state index contributed by atoms with van der Waals surface area (Å²) in [6, 6.07) is 1.63. The molecule has 3 fully saturated rings. The molecule has 2 saturated carbocycles. The number of nitrogens with one attached hydrogen (secondary N) is 1. The number of hydrogen-bond acceptors (Lipinski definition) is 2. The number of hydrogen-bond donors (Lipinski definition) is 1. The van der Waals surface area contributed by atoms with E-state index in [-0.39, 0.29) is 0 Å². The predicted octanol–water partition coefficient (Wildman–Crippen LogP) is 2.78. The minimum atomic E-state index is 0.421. The second kappa shape index (κ2) is 4.55. The Hall–Kier alpha value is -0.0800. The molecule has 0 amide bonds. The predicted molar refractivity (Wildman–Crippen MR) is 72.2 cm³/mol. The summed E-state index contributed by atoms with van der Waals surface area (Å²) < 4.78 is 0. The Labute approximate surface area is 106 Å². The molecule has 2 atom stereocenters. The van der Waals surface area contributed by atoms with Gasteiger partial charge in [0, 0.05) is 30.7 Å². The topological polar surface area (TPSA) is 15.3 Å². The van der Waals surface area contributed by atoms with E-state index in [1.165, 1.54) is 58.0 Å². The molecule has 17 heavy (non-hydrogen) atoms. The highest BCUT2D eigenvalue weighted by Crippen LogP contribution is 2.42. The molecule has 0 bridgehead atoms. The van der Waals surface area contributed by atoms with Crippen molar-refractivity contribution >= 4 is 0 Å². The van der Waals surface area contributed by atoms with Crippen LogP contribution in [0.4, 0.5) is 0 Å². The molecule has 2 heteroatoms. The summed E-state index contributed by atoms with van der Waals surface area (Å²) in [5, 5.41) is 3.83. The first-order valence-corrected chi connectivity index (χ1v) is 7.70. The Balaban J connectivity index is 1.68. The zero-order chi connectivity index (χ0) is 11.9. The largest absolute Gasteiger partial charge is 0.308 e. The van der Waals surface area contributed by atoms with Gasteiger partial charge in [-0.1, -0.05) is 19.3 Å². The van der Waals surface area contributed by atoms with Crippen LogP contribution in [0.2, 0.25) is 0 Å². The van der Waals surface area contributed by atoms with Crippen LogP contribution in [0.5, 0.6) is 0 Å². The van der Waals surface area contributed by atoms with Crippen molar-refractivity contribution in [1.29, 1.82) is 0 Å². The lowest BCUT2D eigenvalue weighted by Crippen LogP contribution is -2.65. The van der Waals surface area contributed by atoms with Gasteiger partial charge in [0.2, 0.25) is 0 Å². The van der Waals surface area contributed by atoms with Gasteiger partial charge in [-0.2, -0.15) is 0 Å². The van der Waals surface area contributed by atoms with Crippen molar-refractivity contribution in [3.05, 3.63) is 0 Å². The average Bonchev–Trinajstić information content (AvgIpc) is 3.18. The second-order valence-corrected chi connectivity index (χ2v) is 6.89. The van der Waals surface area contributed by atoms with E-state index < -0.39 is 0 Å². The van der Waals surface area contributed by atoms with Crippen LogP contribution in [0.3, 0.4) is 0 Å². The molecule has 3 aliphatic rings. The Morgan fingerprint density at radius 1 is 1.06 bits per heavy atom. The normalized spacial score (nSPS) is 41.6. The smallest absolute Gasteiger partial charge is 0.0309 e. The molecule has 0 aromatic carbocycles. The molecule has 0 aromatic rings. The summed E-state index contributed by atoms with van der Waals surface area (Å²) >= 11 is 0. The minimum Gasteiger partial charge on any atom is -0.308 e. The van der Waals surface area contributed by atoms with Gasteiger partial charge < -0.3 is 5.32 Å². The summed E-state index contributed by atoms with van der Waals surface area (Å²) in [6.07, 6.45) is 10.2. The van der Waals surface area contributed by atoms with Crippen LogP contribution in [0.1, 0.15) is 58.8 Å². The molecule has 2 aliphatic carbocycles. The maximum atomic E-state index is 3.83. The van der Waals surface area contributed by atoms with Crippen LogP contribution in [-0.4, -0.2) is 35.6 Å². The van der Waals surface area contributed by atoms with Gasteiger partial charge in [0.15, 0.2) is 0 Å². The Morgan fingerprint density at radius 2 is 1.76 bits per heavy atom. The van der Waals surface area contributed by atoms with Crippen LogP contribution in [0, 0.1) is 5.92 Å². The lowest BCUT2D eigenvalue weighted by molar-refractivity contribution is 0.0319. The Bertz CT molecular complexity index is 268. The molecule has 0 radical (unpaired) electrons. The standard InChI is InChI=1S/C15H28N2/c1-12-10-16-15(2,13-8-9-13)11-17(12)14-6-4-3-5-7-14/h12-14,16H,3-11H2,1-2H3. The molecule has 98 valence electrons. The molecule has 1 heterocycles. The number of piperazine rings is 1. The maximum absolute atomic E-state index is 3.83. The SMILES string of the molecule is CC1CNC(C)(C2CC2)CN1C1CCCCC1. The Morgan fingerprint density at radius 3 is 2.41 bits per heavy atom. The van der Waals surface area contributed by atoms with Crippen molar-refractivity contribution in [1.82, 2.24) is 10.2 Å². The van der Waals surface area contributed by atoms with Crippen LogP contribution >= 0.6 is 0 Å². The fourth-order valence-electron chi connectivity index (χ4n) is 3.98. The number of nitrogens with zero attached hydrogens (tertiary/aromatic N) is 1. The lowest BCUT2D eigenvalue weighted by atomic mass is 9.87. The fraction of sp³-hybridized carbons (Fsp3) is 1.00. The molecule has 1 saturated heterocycles. The van der Waals surface area contributed by atoms with Gasteiger partial charge in [0.1, 0.15) is 0 Å². The van der Waals surface area contributed by atoms with Crippen molar-refractivity contribution in [2.24, 2.45) is 5.92 Å². The second-order valence-electron chi connectivity index (χ2n) is 6.89. The first-order valence-electron chi connectivity index (χ1n) is 7.70. The van der Waals surface area contributed by atoms with E-state index in [0.29, 0.717) is 5.54 Å². The zero-order valence-corrected chi connectivity index (χ0v) is 11.5. The van der Waals surface area contributed by atoms with E-state index in [9.17, 15) is 0 Å². The molecule has 0 spiro atoms. The third kappa shape index (κ3) is 2.39. The van der Waals surface area contributed by atoms with E-state index in [1.54, 1.807) is 0 Å². The van der Waals surface area contributed by atoms with Gasteiger partial charge in [0.25, 0.3) is 0 Å². The molecule has 2 unspecified atom stereocenters. The van der Waals surface area contributed by atoms with Crippen LogP contribution in [0.15, 0.2) is 0 Å². The lowest BCUT2D eigenvalue weighted by Gasteiger charge is -2.49. The van der Waals surface area contributed by atoms with Crippen molar-refractivity contribution in [2.45, 2.75) is 76.4 Å². The van der Waals surface area contributed by atoms with Crippen molar-refractivity contribution < 1.29 is 0 Å². The van der Waals surface area contributed by atoms with E-state index in [0.717, 1.165) is 18.0 Å². The van der Waals surface area contributed by atoms with Gasteiger partial charge in [-0.25, -0.2) is 0 Å². The first kappa shape index (κ1) is 12.0. The van der Waals surface area contributed by atoms with Crippen molar-refractivity contribution in [3.8, 4) is 0 Å². The van der Waals surface area contributed by atoms with E-state index >= 15 is 0 Å². The van der Waals surface area contributed by atoms with E-state index in [2.05, 4.69) is 24.1 Å². The highest BCUT2D eigenvalue weighted by Gasteiger charge is 2.46. The van der Waals surface area contributed by atoms with Crippen LogP contribution in [0.25, 0.3) is 0 Å². The van der Waals surface area contributed by atoms with E-state index in [4.69, 9.17) is 0 Å². The van der Waals surface area contributed by atoms with Gasteiger partial charge >= 0.3 is 0 Å². The fourth-order valence-corrected chi connectivity index (χ4v) is 3.98. The Kier molecular flexibility index (Phi) is 3.20. The molecular weight excluding hydrogens is 208 g/mol. The summed E-state index contributed by atoms with van der Waals surface area (Å²) in [4.78, 5) is 2.84. The summed E-state index contributed by atoms with van der Waals surface area (Å²) in [6.45, 7) is 7.37. The third-order valence-electron chi connectivity index (χ3n) is 5.40. The van der Waals surface area contributed by atoms with Gasteiger partial charge in [-0.15, -0.1) is 0 Å². The summed E-state index contributed by atoms with van der Waals surface area (Å²) in [5.74, 6) is 0.959. The van der Waals surface area contributed by atoms with Gasteiger partial charge in [-0.05, 0) is 45.4 Å². The van der Waals surface area contributed by atoms with E-state index in [1.807, 2.05) is 0 Å². The number of rotatable bonds is 2. The highest BCUT2D eigenvalue weighted by atomic mass is 15.3. The molecule has 2 nitrogen and oxygen atoms in total.